The summed E-state index contributed by atoms with van der Waals surface area (Å²) in [6.07, 6.45) is -0.515. The molecule has 1 fully saturated rings. The van der Waals surface area contributed by atoms with Crippen molar-refractivity contribution in [1.82, 2.24) is 4.90 Å². The van der Waals surface area contributed by atoms with Gasteiger partial charge in [-0.25, -0.2) is 4.79 Å². The number of hydrogen-bond donors (Lipinski definition) is 1. The summed E-state index contributed by atoms with van der Waals surface area (Å²) in [6, 6.07) is 9.37. The smallest absolute Gasteiger partial charge is 0.344 e. The van der Waals surface area contributed by atoms with Crippen LogP contribution in [0.25, 0.3) is 0 Å². The van der Waals surface area contributed by atoms with Crippen LogP contribution in [0.2, 0.25) is 0 Å². The molecule has 0 saturated carbocycles. The van der Waals surface area contributed by atoms with Crippen LogP contribution in [0, 0.1) is 0 Å². The minimum atomic E-state index is -1.01. The van der Waals surface area contributed by atoms with Crippen molar-refractivity contribution in [2.45, 2.75) is 25.1 Å². The number of anilines is 1. The van der Waals surface area contributed by atoms with Gasteiger partial charge in [0.15, 0.2) is 11.5 Å². The molecule has 4 rings (SSSR count). The normalized spacial score (nSPS) is 19.6. The zero-order valence-electron chi connectivity index (χ0n) is 17.3. The van der Waals surface area contributed by atoms with Crippen molar-refractivity contribution in [2.24, 2.45) is 0 Å². The standard InChI is InChI=1S/C22H22N2O7/c1-28-13-6-4-12(5-7-13)23-20(26)15-9-11-17(25)24(15)21-14-8-10-16(29-2)19(30-3)18(14)22(27)31-21/h4-8,10,15,21H,9,11H2,1-3H3,(H,23,26)/t15-,21+/m0/s1. The van der Waals surface area contributed by atoms with E-state index in [2.05, 4.69) is 5.32 Å². The summed E-state index contributed by atoms with van der Waals surface area (Å²) in [4.78, 5) is 39.6. The zero-order chi connectivity index (χ0) is 22.1. The number of cyclic esters (lactones) is 1. The average molecular weight is 426 g/mol. The van der Waals surface area contributed by atoms with Crippen molar-refractivity contribution in [3.63, 3.8) is 0 Å². The fourth-order valence-electron chi connectivity index (χ4n) is 3.94. The molecule has 2 aliphatic rings. The number of benzene rings is 2. The quantitative estimate of drug-likeness (QED) is 0.708. The Kier molecular flexibility index (Phi) is 5.41. The van der Waals surface area contributed by atoms with Crippen molar-refractivity contribution in [1.29, 1.82) is 0 Å². The number of methoxy groups -OCH3 is 3. The summed E-state index contributed by atoms with van der Waals surface area (Å²) in [5, 5.41) is 2.81. The van der Waals surface area contributed by atoms with Crippen molar-refractivity contribution < 1.29 is 33.3 Å². The van der Waals surface area contributed by atoms with Gasteiger partial charge in [0.1, 0.15) is 17.4 Å². The van der Waals surface area contributed by atoms with Gasteiger partial charge in [0.25, 0.3) is 0 Å². The van der Waals surface area contributed by atoms with Gasteiger partial charge < -0.3 is 24.3 Å². The molecule has 9 heteroatoms. The van der Waals surface area contributed by atoms with Crippen molar-refractivity contribution in [3.05, 3.63) is 47.5 Å². The lowest BCUT2D eigenvalue weighted by atomic mass is 10.1. The van der Waals surface area contributed by atoms with E-state index in [-0.39, 0.29) is 29.5 Å². The molecule has 9 nitrogen and oxygen atoms in total. The van der Waals surface area contributed by atoms with Crippen LogP contribution >= 0.6 is 0 Å². The molecule has 2 aromatic rings. The minimum Gasteiger partial charge on any atom is -0.497 e. The van der Waals surface area contributed by atoms with Gasteiger partial charge in [0.05, 0.1) is 21.3 Å². The van der Waals surface area contributed by atoms with Crippen LogP contribution < -0.4 is 19.5 Å². The average Bonchev–Trinajstić information content (AvgIpc) is 3.33. The number of rotatable bonds is 6. The van der Waals surface area contributed by atoms with Crippen LogP contribution in [0.15, 0.2) is 36.4 Å². The van der Waals surface area contributed by atoms with Gasteiger partial charge in [-0.05, 0) is 42.8 Å². The minimum absolute atomic E-state index is 0.178. The number of likely N-dealkylation sites (tertiary alicyclic amines) is 1. The largest absolute Gasteiger partial charge is 0.497 e. The molecule has 0 aromatic heterocycles. The Morgan fingerprint density at radius 3 is 2.42 bits per heavy atom. The second-order valence-electron chi connectivity index (χ2n) is 7.10. The molecule has 1 saturated heterocycles. The molecule has 162 valence electrons. The van der Waals surface area contributed by atoms with Crippen LogP contribution in [0.3, 0.4) is 0 Å². The fourth-order valence-corrected chi connectivity index (χ4v) is 3.94. The highest BCUT2D eigenvalue weighted by atomic mass is 16.6. The number of nitrogens with zero attached hydrogens (tertiary/aromatic N) is 1. The van der Waals surface area contributed by atoms with Gasteiger partial charge in [-0.3, -0.25) is 14.5 Å². The summed E-state index contributed by atoms with van der Waals surface area (Å²) < 4.78 is 21.2. The number of amides is 2. The van der Waals surface area contributed by atoms with Gasteiger partial charge in [0.2, 0.25) is 18.0 Å². The van der Waals surface area contributed by atoms with Crippen LogP contribution in [-0.4, -0.2) is 50.1 Å². The van der Waals surface area contributed by atoms with Crippen LogP contribution in [0.4, 0.5) is 5.69 Å². The molecule has 2 heterocycles. The Bertz CT molecular complexity index is 1030. The summed E-state index contributed by atoms with van der Waals surface area (Å²) in [5.74, 6) is 0.00867. The Morgan fingerprint density at radius 1 is 1.03 bits per heavy atom. The maximum absolute atomic E-state index is 13.0. The molecule has 0 bridgehead atoms. The number of nitrogens with one attached hydrogen (secondary N) is 1. The molecule has 2 aliphatic heterocycles. The molecule has 0 unspecified atom stereocenters. The monoisotopic (exact) mass is 426 g/mol. The van der Waals surface area contributed by atoms with Crippen molar-refractivity contribution in [3.8, 4) is 17.2 Å². The number of esters is 1. The Morgan fingerprint density at radius 2 is 1.77 bits per heavy atom. The molecule has 2 amide bonds. The van der Waals surface area contributed by atoms with Crippen LogP contribution in [0.5, 0.6) is 17.2 Å². The molecule has 0 spiro atoms. The molecule has 2 aromatic carbocycles. The van der Waals surface area contributed by atoms with E-state index in [1.165, 1.54) is 19.1 Å². The molecule has 31 heavy (non-hydrogen) atoms. The number of carbonyl (C=O) groups is 3. The predicted octanol–water partition coefficient (Wildman–Crippen LogP) is 2.51. The van der Waals surface area contributed by atoms with Gasteiger partial charge in [0, 0.05) is 17.7 Å². The van der Waals surface area contributed by atoms with Crippen LogP contribution in [-0.2, 0) is 14.3 Å². The number of carbonyl (C=O) groups excluding carboxylic acids is 3. The van der Waals surface area contributed by atoms with E-state index < -0.39 is 18.2 Å². The van der Waals surface area contributed by atoms with Crippen molar-refractivity contribution in [2.75, 3.05) is 26.6 Å². The Balaban J connectivity index is 1.62. The lowest BCUT2D eigenvalue weighted by Crippen LogP contribution is -2.43. The summed E-state index contributed by atoms with van der Waals surface area (Å²) in [6.45, 7) is 0. The summed E-state index contributed by atoms with van der Waals surface area (Å²) in [7, 11) is 4.44. The van der Waals surface area contributed by atoms with E-state index in [9.17, 15) is 14.4 Å². The van der Waals surface area contributed by atoms with Gasteiger partial charge in [-0.1, -0.05) is 0 Å². The maximum atomic E-state index is 13.0. The van der Waals surface area contributed by atoms with E-state index in [1.54, 1.807) is 43.5 Å². The molecule has 0 aliphatic carbocycles. The third-order valence-electron chi connectivity index (χ3n) is 5.43. The predicted molar refractivity (Wildman–Crippen MR) is 109 cm³/mol. The summed E-state index contributed by atoms with van der Waals surface area (Å²) >= 11 is 0. The van der Waals surface area contributed by atoms with Gasteiger partial charge >= 0.3 is 5.97 Å². The second-order valence-corrected chi connectivity index (χ2v) is 7.10. The van der Waals surface area contributed by atoms with E-state index in [1.807, 2.05) is 0 Å². The number of fused-ring (bicyclic) bond motifs is 1. The molecular formula is C22H22N2O7. The summed E-state index contributed by atoms with van der Waals surface area (Å²) in [5.41, 5.74) is 1.22. The highest BCUT2D eigenvalue weighted by Gasteiger charge is 2.47. The first-order valence-electron chi connectivity index (χ1n) is 9.70. The lowest BCUT2D eigenvalue weighted by Gasteiger charge is -2.29. The van der Waals surface area contributed by atoms with Crippen molar-refractivity contribution >= 4 is 23.5 Å². The third kappa shape index (κ3) is 3.52. The van der Waals surface area contributed by atoms with E-state index in [0.717, 1.165) is 0 Å². The van der Waals surface area contributed by atoms with E-state index in [0.29, 0.717) is 29.2 Å². The number of ether oxygens (including phenoxy) is 4. The van der Waals surface area contributed by atoms with Crippen LogP contribution in [0.1, 0.15) is 35.0 Å². The van der Waals surface area contributed by atoms with E-state index in [4.69, 9.17) is 18.9 Å². The van der Waals surface area contributed by atoms with Gasteiger partial charge in [-0.2, -0.15) is 0 Å². The van der Waals surface area contributed by atoms with E-state index >= 15 is 0 Å². The first-order chi connectivity index (χ1) is 15.0. The Hall–Kier alpha value is -3.75. The SMILES string of the molecule is COc1ccc(NC(=O)[C@@H]2CCC(=O)N2[C@@H]2OC(=O)c3c2ccc(OC)c3OC)cc1. The lowest BCUT2D eigenvalue weighted by molar-refractivity contribution is -0.144. The second kappa shape index (κ2) is 8.17. The third-order valence-corrected chi connectivity index (χ3v) is 5.43. The van der Waals surface area contributed by atoms with Gasteiger partial charge in [-0.15, -0.1) is 0 Å². The topological polar surface area (TPSA) is 103 Å². The number of hydrogen-bond acceptors (Lipinski definition) is 7. The first-order valence-corrected chi connectivity index (χ1v) is 9.70. The molecule has 2 atom stereocenters. The zero-order valence-corrected chi connectivity index (χ0v) is 17.3. The fraction of sp³-hybridized carbons (Fsp3) is 0.318. The maximum Gasteiger partial charge on any atom is 0.344 e. The first kappa shape index (κ1) is 20.5. The molecule has 0 radical (unpaired) electrons. The Labute approximate surface area is 178 Å². The highest BCUT2D eigenvalue weighted by Crippen LogP contribution is 2.45. The highest BCUT2D eigenvalue weighted by molar-refractivity contribution is 6.01. The molecular weight excluding hydrogens is 404 g/mol. The molecule has 1 N–H and O–H groups in total.